The van der Waals surface area contributed by atoms with E-state index in [1.165, 1.54) is 0 Å². The van der Waals surface area contributed by atoms with Crippen molar-refractivity contribution in [2.24, 2.45) is 5.73 Å². The Morgan fingerprint density at radius 2 is 1.71 bits per heavy atom. The maximum absolute atomic E-state index is 13.8. The van der Waals surface area contributed by atoms with Crippen LogP contribution in [-0.4, -0.2) is 55.1 Å². The quantitative estimate of drug-likeness (QED) is 0.336. The lowest BCUT2D eigenvalue weighted by Gasteiger charge is -2.30. The van der Waals surface area contributed by atoms with Gasteiger partial charge in [-0.05, 0) is 24.5 Å². The number of hydrogen-bond acceptors (Lipinski definition) is 5. The lowest BCUT2D eigenvalue weighted by molar-refractivity contribution is -0.148. The van der Waals surface area contributed by atoms with Crippen LogP contribution in [0.1, 0.15) is 60.2 Å². The summed E-state index contributed by atoms with van der Waals surface area (Å²) in [5.41, 5.74) is 4.49. The molecule has 1 aromatic carbocycles. The summed E-state index contributed by atoms with van der Waals surface area (Å²) in [6.45, 7) is 1.05. The third-order valence-corrected chi connectivity index (χ3v) is 5.57. The zero-order valence-electron chi connectivity index (χ0n) is 20.2. The molecule has 2 heterocycles. The van der Waals surface area contributed by atoms with Crippen LogP contribution in [0.15, 0.2) is 12.1 Å². The smallest absolute Gasteiger partial charge is 0.449 e. The van der Waals surface area contributed by atoms with Crippen LogP contribution in [0.5, 0.6) is 0 Å². The number of nitrogens with zero attached hydrogens (tertiary/aromatic N) is 3. The molecule has 1 aliphatic heterocycles. The first-order chi connectivity index (χ1) is 17.6. The summed E-state index contributed by atoms with van der Waals surface area (Å²) in [5, 5.41) is 17.2. The van der Waals surface area contributed by atoms with E-state index in [2.05, 4.69) is 4.98 Å². The summed E-state index contributed by atoms with van der Waals surface area (Å²) in [6, 6.07) is -0.00786. The van der Waals surface area contributed by atoms with Crippen molar-refractivity contribution in [2.45, 2.75) is 64.3 Å². The number of carbonyl (C=O) groups is 3. The number of unbranched alkanes of at least 4 members (excludes halogenated alkanes) is 1. The standard InChI is InChI=1S/C18H16F6N4O3.C5H10O2/c19-10-6-12(21)11(20)4-8(10)3-9(25)5-14(29)27-1-2-28-13(7-27)15(16(30)31)26-17(28)18(22,23)24;1-2-3-4-5(6)7/h4,6,9H,1-3,5,7,25H2,(H,30,31);2-4H2,1H3,(H,6,7)/t9-;/m1./s1. The second-order valence-electron chi connectivity index (χ2n) is 8.52. The van der Waals surface area contributed by atoms with E-state index in [1.54, 1.807) is 0 Å². The van der Waals surface area contributed by atoms with Crippen molar-refractivity contribution in [2.75, 3.05) is 6.54 Å². The molecule has 38 heavy (non-hydrogen) atoms. The number of aromatic nitrogens is 2. The molecule has 0 aliphatic carbocycles. The molecule has 0 bridgehead atoms. The molecule has 0 fully saturated rings. The van der Waals surface area contributed by atoms with Crippen LogP contribution in [0.3, 0.4) is 0 Å². The second-order valence-corrected chi connectivity index (χ2v) is 8.52. The molecule has 1 atom stereocenters. The number of aliphatic carboxylic acids is 1. The minimum Gasteiger partial charge on any atom is -0.481 e. The Hall–Kier alpha value is -3.62. The van der Waals surface area contributed by atoms with E-state index in [0.717, 1.165) is 17.7 Å². The van der Waals surface area contributed by atoms with Gasteiger partial charge in [-0.3, -0.25) is 9.59 Å². The van der Waals surface area contributed by atoms with Crippen molar-refractivity contribution < 1.29 is 50.9 Å². The number of hydrogen-bond donors (Lipinski definition) is 3. The first-order valence-electron chi connectivity index (χ1n) is 11.4. The number of rotatable bonds is 8. The Balaban J connectivity index is 0.000000638. The topological polar surface area (TPSA) is 139 Å². The van der Waals surface area contributed by atoms with Crippen LogP contribution in [-0.2, 0) is 35.3 Å². The van der Waals surface area contributed by atoms with Gasteiger partial charge in [-0.25, -0.2) is 22.9 Å². The molecular weight excluding hydrogens is 526 g/mol. The third-order valence-electron chi connectivity index (χ3n) is 5.57. The number of halogens is 6. The Kier molecular flexibility index (Phi) is 10.3. The predicted molar refractivity (Wildman–Crippen MR) is 119 cm³/mol. The molecule has 15 heteroatoms. The summed E-state index contributed by atoms with van der Waals surface area (Å²) >= 11 is 0. The number of nitrogens with two attached hydrogens (primary N) is 1. The predicted octanol–water partition coefficient (Wildman–Crippen LogP) is 3.58. The second kappa shape index (κ2) is 12.8. The van der Waals surface area contributed by atoms with Gasteiger partial charge in [0, 0.05) is 38.0 Å². The molecule has 1 aliphatic rings. The van der Waals surface area contributed by atoms with Crippen molar-refractivity contribution in [1.29, 1.82) is 0 Å². The van der Waals surface area contributed by atoms with Gasteiger partial charge in [0.15, 0.2) is 17.3 Å². The zero-order valence-corrected chi connectivity index (χ0v) is 20.2. The average Bonchev–Trinajstić information content (AvgIpc) is 3.21. The fourth-order valence-electron chi connectivity index (χ4n) is 3.72. The molecule has 0 spiro atoms. The van der Waals surface area contributed by atoms with Crippen LogP contribution in [0.25, 0.3) is 0 Å². The van der Waals surface area contributed by atoms with E-state index in [-0.39, 0.29) is 37.2 Å². The first kappa shape index (κ1) is 30.6. The highest BCUT2D eigenvalue weighted by Crippen LogP contribution is 2.32. The number of carboxylic acids is 2. The van der Waals surface area contributed by atoms with Crippen molar-refractivity contribution >= 4 is 17.8 Å². The molecule has 0 saturated carbocycles. The van der Waals surface area contributed by atoms with E-state index in [9.17, 15) is 40.7 Å². The Bertz CT molecular complexity index is 1180. The number of carbonyl (C=O) groups excluding carboxylic acids is 1. The third kappa shape index (κ3) is 7.94. The lowest BCUT2D eigenvalue weighted by atomic mass is 10.0. The van der Waals surface area contributed by atoms with Crippen LogP contribution < -0.4 is 5.73 Å². The largest absolute Gasteiger partial charge is 0.481 e. The fraction of sp³-hybridized carbons (Fsp3) is 0.478. The van der Waals surface area contributed by atoms with Crippen LogP contribution in [0.2, 0.25) is 0 Å². The summed E-state index contributed by atoms with van der Waals surface area (Å²) < 4.78 is 80.1. The molecular formula is C23H26F6N4O5. The molecule has 2 aromatic rings. The van der Waals surface area contributed by atoms with Gasteiger partial charge in [-0.2, -0.15) is 13.2 Å². The molecule has 0 radical (unpaired) electrons. The molecule has 0 saturated heterocycles. The Morgan fingerprint density at radius 3 is 2.24 bits per heavy atom. The SMILES string of the molecule is CCCCC(=O)O.N[C@@H](CC(=O)N1CCn2c(C(F)(F)F)nc(C(=O)O)c2C1)Cc1cc(F)c(F)cc1F. The van der Waals surface area contributed by atoms with Gasteiger partial charge >= 0.3 is 18.1 Å². The maximum atomic E-state index is 13.8. The van der Waals surface area contributed by atoms with Crippen molar-refractivity contribution in [3.05, 3.63) is 52.4 Å². The number of aromatic carboxylic acids is 1. The number of alkyl halides is 3. The van der Waals surface area contributed by atoms with Crippen molar-refractivity contribution in [3.63, 3.8) is 0 Å². The molecule has 9 nitrogen and oxygen atoms in total. The van der Waals surface area contributed by atoms with Gasteiger partial charge in [-0.15, -0.1) is 0 Å². The Morgan fingerprint density at radius 1 is 1.08 bits per heavy atom. The lowest BCUT2D eigenvalue weighted by Crippen LogP contribution is -2.42. The summed E-state index contributed by atoms with van der Waals surface area (Å²) in [5.74, 6) is -8.02. The van der Waals surface area contributed by atoms with Gasteiger partial charge in [0.2, 0.25) is 11.7 Å². The number of benzene rings is 1. The highest BCUT2D eigenvalue weighted by Gasteiger charge is 2.41. The van der Waals surface area contributed by atoms with Crippen molar-refractivity contribution in [3.8, 4) is 0 Å². The molecule has 210 valence electrons. The number of amides is 1. The number of fused-ring (bicyclic) bond motifs is 1. The van der Waals surface area contributed by atoms with Gasteiger partial charge in [0.05, 0.1) is 12.2 Å². The molecule has 0 unspecified atom stereocenters. The van der Waals surface area contributed by atoms with E-state index >= 15 is 0 Å². The normalized spacial score (nSPS) is 13.8. The van der Waals surface area contributed by atoms with Crippen LogP contribution in [0, 0.1) is 17.5 Å². The van der Waals surface area contributed by atoms with Crippen LogP contribution >= 0.6 is 0 Å². The van der Waals surface area contributed by atoms with Crippen molar-refractivity contribution in [1.82, 2.24) is 14.5 Å². The highest BCUT2D eigenvalue weighted by atomic mass is 19.4. The summed E-state index contributed by atoms with van der Waals surface area (Å²) in [7, 11) is 0. The first-order valence-corrected chi connectivity index (χ1v) is 11.4. The summed E-state index contributed by atoms with van der Waals surface area (Å²) in [4.78, 5) is 37.9. The van der Waals surface area contributed by atoms with E-state index in [4.69, 9.17) is 15.9 Å². The van der Waals surface area contributed by atoms with E-state index < -0.39 is 65.6 Å². The van der Waals surface area contributed by atoms with Gasteiger partial charge in [0.1, 0.15) is 5.82 Å². The fourth-order valence-corrected chi connectivity index (χ4v) is 3.72. The van der Waals surface area contributed by atoms with Gasteiger partial charge in [0.25, 0.3) is 0 Å². The molecule has 1 aromatic heterocycles. The maximum Gasteiger partial charge on any atom is 0.449 e. The molecule has 1 amide bonds. The van der Waals surface area contributed by atoms with Gasteiger partial charge in [-0.1, -0.05) is 13.3 Å². The Labute approximate surface area is 212 Å². The van der Waals surface area contributed by atoms with E-state index in [1.807, 2.05) is 6.92 Å². The highest BCUT2D eigenvalue weighted by molar-refractivity contribution is 5.87. The minimum absolute atomic E-state index is 0.156. The van der Waals surface area contributed by atoms with Gasteiger partial charge < -0.3 is 25.4 Å². The summed E-state index contributed by atoms with van der Waals surface area (Å²) in [6.07, 6.45) is -3.45. The van der Waals surface area contributed by atoms with E-state index in [0.29, 0.717) is 23.1 Å². The number of imidazole rings is 1. The zero-order chi connectivity index (χ0) is 28.8. The monoisotopic (exact) mass is 552 g/mol. The van der Waals surface area contributed by atoms with Crippen LogP contribution in [0.4, 0.5) is 26.3 Å². The average molecular weight is 552 g/mol. The number of carboxylic acid groups (broad SMARTS) is 2. The molecule has 4 N–H and O–H groups in total. The molecule has 3 rings (SSSR count). The minimum atomic E-state index is -4.87.